The van der Waals surface area contributed by atoms with Crippen molar-refractivity contribution >= 4 is 23.2 Å². The lowest BCUT2D eigenvalue weighted by molar-refractivity contribution is -0.135. The Morgan fingerprint density at radius 3 is 2.33 bits per heavy atom. The summed E-state index contributed by atoms with van der Waals surface area (Å²) in [5.41, 5.74) is 2.87. The number of hydrazone groups is 1. The van der Waals surface area contributed by atoms with Crippen LogP contribution in [0, 0.1) is 0 Å². The summed E-state index contributed by atoms with van der Waals surface area (Å²) in [5, 5.41) is 6.80. The molecule has 0 bridgehead atoms. The summed E-state index contributed by atoms with van der Waals surface area (Å²) in [6.45, 7) is -0.111. The van der Waals surface area contributed by atoms with Crippen LogP contribution in [0.25, 0.3) is 0 Å². The number of halogens is 1. The maximum Gasteiger partial charge on any atom is 0.281 e. The third-order valence-corrected chi connectivity index (χ3v) is 5.20. The molecule has 30 heavy (non-hydrogen) atoms. The third kappa shape index (κ3) is 4.47. The highest BCUT2D eigenvalue weighted by atomic mass is 35.5. The van der Waals surface area contributed by atoms with Crippen molar-refractivity contribution in [2.75, 3.05) is 13.7 Å². The number of carbonyl (C=O) groups is 1. The van der Waals surface area contributed by atoms with Crippen molar-refractivity contribution < 1.29 is 14.3 Å². The highest BCUT2D eigenvalue weighted by Gasteiger charge is 2.33. The molecule has 0 spiro atoms. The van der Waals surface area contributed by atoms with E-state index in [0.717, 1.165) is 22.6 Å². The van der Waals surface area contributed by atoms with E-state index in [1.165, 1.54) is 5.01 Å². The van der Waals surface area contributed by atoms with Crippen LogP contribution < -0.4 is 9.47 Å². The van der Waals surface area contributed by atoms with Crippen LogP contribution in [-0.2, 0) is 4.79 Å². The van der Waals surface area contributed by atoms with E-state index in [4.69, 9.17) is 21.1 Å². The number of hydrogen-bond donors (Lipinski definition) is 0. The Hall–Kier alpha value is -3.31. The van der Waals surface area contributed by atoms with Gasteiger partial charge in [-0.05, 0) is 47.5 Å². The van der Waals surface area contributed by atoms with Crippen molar-refractivity contribution in [2.24, 2.45) is 5.10 Å². The molecule has 0 fully saturated rings. The summed E-state index contributed by atoms with van der Waals surface area (Å²) in [7, 11) is 1.63. The molecule has 6 heteroatoms. The van der Waals surface area contributed by atoms with Crippen LogP contribution in [0.3, 0.4) is 0 Å². The van der Waals surface area contributed by atoms with Gasteiger partial charge in [0.25, 0.3) is 5.91 Å². The van der Waals surface area contributed by atoms with Gasteiger partial charge < -0.3 is 9.47 Å². The minimum absolute atomic E-state index is 0.111. The molecule has 0 aliphatic carbocycles. The molecule has 0 saturated heterocycles. The van der Waals surface area contributed by atoms with Crippen molar-refractivity contribution in [3.63, 3.8) is 0 Å². The van der Waals surface area contributed by atoms with Crippen LogP contribution in [0.4, 0.5) is 0 Å². The van der Waals surface area contributed by atoms with Gasteiger partial charge in [0.1, 0.15) is 11.5 Å². The van der Waals surface area contributed by atoms with Crippen LogP contribution >= 0.6 is 11.6 Å². The van der Waals surface area contributed by atoms with E-state index in [1.807, 2.05) is 54.6 Å². The number of amides is 1. The molecule has 0 saturated carbocycles. The number of benzene rings is 3. The Balaban J connectivity index is 1.56. The summed E-state index contributed by atoms with van der Waals surface area (Å²) in [6.07, 6.45) is 0.628. The first-order chi connectivity index (χ1) is 14.6. The standard InChI is InChI=1S/C24H21ClN2O3/c1-29-20-11-7-18(8-12-20)23-15-22(17-5-3-2-4-6-17)26-27(23)24(28)16-30-21-13-9-19(25)10-14-21/h2-14,23H,15-16H2,1H3/t23-/m1/s1. The average molecular weight is 421 g/mol. The molecule has 1 aliphatic rings. The fraction of sp³-hybridized carbons (Fsp3) is 0.167. The molecule has 0 unspecified atom stereocenters. The molecule has 1 heterocycles. The Labute approximate surface area is 180 Å². The van der Waals surface area contributed by atoms with Crippen molar-refractivity contribution in [1.82, 2.24) is 5.01 Å². The van der Waals surface area contributed by atoms with E-state index in [0.29, 0.717) is 17.2 Å². The van der Waals surface area contributed by atoms with Gasteiger partial charge in [-0.15, -0.1) is 0 Å². The lowest BCUT2D eigenvalue weighted by Crippen LogP contribution is -2.31. The zero-order valence-electron chi connectivity index (χ0n) is 16.5. The van der Waals surface area contributed by atoms with E-state index in [1.54, 1.807) is 31.4 Å². The quantitative estimate of drug-likeness (QED) is 0.557. The first kappa shape index (κ1) is 20.0. The minimum atomic E-state index is -0.211. The number of hydrogen-bond acceptors (Lipinski definition) is 4. The summed E-state index contributed by atoms with van der Waals surface area (Å²) in [5.74, 6) is 1.14. The van der Waals surface area contributed by atoms with Crippen molar-refractivity contribution in [3.05, 3.63) is 95.0 Å². The summed E-state index contributed by atoms with van der Waals surface area (Å²) in [6, 6.07) is 24.3. The minimum Gasteiger partial charge on any atom is -0.497 e. The number of nitrogens with zero attached hydrogens (tertiary/aromatic N) is 2. The number of methoxy groups -OCH3 is 1. The second kappa shape index (κ2) is 9.01. The molecule has 4 rings (SSSR count). The molecule has 5 nitrogen and oxygen atoms in total. The molecule has 3 aromatic rings. The predicted octanol–water partition coefficient (Wildman–Crippen LogP) is 5.11. The Bertz CT molecular complexity index is 1030. The van der Waals surface area contributed by atoms with Gasteiger partial charge in [-0.25, -0.2) is 5.01 Å². The van der Waals surface area contributed by atoms with Crippen LogP contribution in [-0.4, -0.2) is 30.3 Å². The maximum absolute atomic E-state index is 13.0. The lowest BCUT2D eigenvalue weighted by atomic mass is 9.98. The van der Waals surface area contributed by atoms with Gasteiger partial charge in [-0.2, -0.15) is 5.10 Å². The zero-order valence-corrected chi connectivity index (χ0v) is 17.3. The Morgan fingerprint density at radius 1 is 1.00 bits per heavy atom. The fourth-order valence-corrected chi connectivity index (χ4v) is 3.50. The maximum atomic E-state index is 13.0. The van der Waals surface area contributed by atoms with Crippen molar-refractivity contribution in [1.29, 1.82) is 0 Å². The van der Waals surface area contributed by atoms with E-state index in [9.17, 15) is 4.79 Å². The van der Waals surface area contributed by atoms with Crippen molar-refractivity contribution in [3.8, 4) is 11.5 Å². The van der Waals surface area contributed by atoms with Crippen LogP contribution in [0.2, 0.25) is 5.02 Å². The van der Waals surface area contributed by atoms with Crippen LogP contribution in [0.5, 0.6) is 11.5 Å². The Kier molecular flexibility index (Phi) is 6.00. The van der Waals surface area contributed by atoms with Gasteiger partial charge in [0.2, 0.25) is 0 Å². The number of ether oxygens (including phenoxy) is 2. The largest absolute Gasteiger partial charge is 0.497 e. The fourth-order valence-electron chi connectivity index (χ4n) is 3.37. The van der Waals surface area contributed by atoms with Crippen LogP contribution in [0.1, 0.15) is 23.6 Å². The topological polar surface area (TPSA) is 51.1 Å². The molecule has 1 amide bonds. The third-order valence-electron chi connectivity index (χ3n) is 4.95. The van der Waals surface area contributed by atoms with Crippen LogP contribution in [0.15, 0.2) is 84.0 Å². The molecule has 0 radical (unpaired) electrons. The zero-order chi connectivity index (χ0) is 20.9. The second-order valence-electron chi connectivity index (χ2n) is 6.89. The highest BCUT2D eigenvalue weighted by Crippen LogP contribution is 2.33. The monoisotopic (exact) mass is 420 g/mol. The summed E-state index contributed by atoms with van der Waals surface area (Å²) < 4.78 is 10.9. The van der Waals surface area contributed by atoms with Gasteiger partial charge >= 0.3 is 0 Å². The smallest absolute Gasteiger partial charge is 0.281 e. The first-order valence-corrected chi connectivity index (χ1v) is 9.99. The molecule has 0 aromatic heterocycles. The van der Waals surface area contributed by atoms with E-state index in [-0.39, 0.29) is 18.6 Å². The second-order valence-corrected chi connectivity index (χ2v) is 7.32. The molecular weight excluding hydrogens is 400 g/mol. The predicted molar refractivity (Wildman–Crippen MR) is 117 cm³/mol. The van der Waals surface area contributed by atoms with Gasteiger partial charge in [0.15, 0.2) is 6.61 Å². The normalized spacial score (nSPS) is 15.6. The van der Waals surface area contributed by atoms with E-state index < -0.39 is 0 Å². The SMILES string of the molecule is COc1ccc([C@H]2CC(c3ccccc3)=NN2C(=O)COc2ccc(Cl)cc2)cc1. The van der Waals surface area contributed by atoms with Crippen molar-refractivity contribution in [2.45, 2.75) is 12.5 Å². The molecule has 0 N–H and O–H groups in total. The summed E-state index contributed by atoms with van der Waals surface area (Å²) in [4.78, 5) is 13.0. The molecule has 1 aliphatic heterocycles. The lowest BCUT2D eigenvalue weighted by Gasteiger charge is -2.22. The molecular formula is C24H21ClN2O3. The van der Waals surface area contributed by atoms with Gasteiger partial charge in [0, 0.05) is 11.4 Å². The number of carbonyl (C=O) groups excluding carboxylic acids is 1. The van der Waals surface area contributed by atoms with Gasteiger partial charge in [-0.1, -0.05) is 54.1 Å². The molecule has 152 valence electrons. The average Bonchev–Trinajstić information content (AvgIpc) is 3.25. The van der Waals surface area contributed by atoms with E-state index in [2.05, 4.69) is 5.10 Å². The van der Waals surface area contributed by atoms with Gasteiger partial charge in [0.05, 0.1) is 18.9 Å². The molecule has 1 atom stereocenters. The number of rotatable bonds is 6. The van der Waals surface area contributed by atoms with Gasteiger partial charge in [-0.3, -0.25) is 4.79 Å². The first-order valence-electron chi connectivity index (χ1n) is 9.61. The molecule has 3 aromatic carbocycles. The summed E-state index contributed by atoms with van der Waals surface area (Å²) >= 11 is 5.90. The highest BCUT2D eigenvalue weighted by molar-refractivity contribution is 6.30. The van der Waals surface area contributed by atoms with E-state index >= 15 is 0 Å². The Morgan fingerprint density at radius 2 is 1.67 bits per heavy atom.